The number of aromatic nitrogens is 4. The maximum Gasteiger partial charge on any atom is 0.169 e. The molecule has 8 nitrogen and oxygen atoms in total. The van der Waals surface area contributed by atoms with E-state index in [9.17, 15) is 4.79 Å². The number of hydrogen-bond acceptors (Lipinski definition) is 8. The van der Waals surface area contributed by atoms with Crippen molar-refractivity contribution in [3.63, 3.8) is 0 Å². The third kappa shape index (κ3) is 5.12. The molecule has 0 aromatic carbocycles. The summed E-state index contributed by atoms with van der Waals surface area (Å²) in [5.41, 5.74) is 4.96. The van der Waals surface area contributed by atoms with Crippen molar-refractivity contribution in [3.05, 3.63) is 72.4 Å². The Balaban J connectivity index is 1.36. The van der Waals surface area contributed by atoms with Crippen molar-refractivity contribution in [3.8, 4) is 11.3 Å². The summed E-state index contributed by atoms with van der Waals surface area (Å²) in [5.74, 6) is 0.879. The van der Waals surface area contributed by atoms with E-state index in [0.29, 0.717) is 11.3 Å². The van der Waals surface area contributed by atoms with Crippen LogP contribution in [0, 0.1) is 0 Å². The Labute approximate surface area is 205 Å². The minimum absolute atomic E-state index is 0.0219. The largest absolute Gasteiger partial charge is 0.376 e. The van der Waals surface area contributed by atoms with Crippen molar-refractivity contribution in [2.24, 2.45) is 0 Å². The van der Waals surface area contributed by atoms with E-state index in [1.807, 2.05) is 55.7 Å². The standard InChI is InChI=1S/C27H29N7O/c1-32(2)23-12-21(16-28-18-23)24-5-4-20-17-30-22(14-25(20)31-24)15-26(35)19-6-7-29-27(13-19)34-10-8-33(3)9-11-34/h4-7,12-14,16-18H,8-11,15H2,1-3H3. The first-order chi connectivity index (χ1) is 17.0. The predicted octanol–water partition coefficient (Wildman–Crippen LogP) is 3.33. The Morgan fingerprint density at radius 3 is 2.60 bits per heavy atom. The lowest BCUT2D eigenvalue weighted by atomic mass is 10.1. The zero-order valence-corrected chi connectivity index (χ0v) is 20.3. The van der Waals surface area contributed by atoms with Crippen LogP contribution in [0.25, 0.3) is 22.2 Å². The van der Waals surface area contributed by atoms with Crippen LogP contribution in [-0.4, -0.2) is 77.9 Å². The molecule has 5 heterocycles. The highest BCUT2D eigenvalue weighted by molar-refractivity contribution is 5.98. The third-order valence-corrected chi connectivity index (χ3v) is 6.40. The second kappa shape index (κ2) is 9.76. The number of likely N-dealkylation sites (N-methyl/N-ethyl adjacent to an activating group) is 1. The first-order valence-electron chi connectivity index (χ1n) is 11.8. The first kappa shape index (κ1) is 22.9. The van der Waals surface area contributed by atoms with Crippen LogP contribution in [0.5, 0.6) is 0 Å². The second-order valence-corrected chi connectivity index (χ2v) is 9.18. The molecule has 4 aromatic rings. The van der Waals surface area contributed by atoms with E-state index < -0.39 is 0 Å². The van der Waals surface area contributed by atoms with Gasteiger partial charge in [-0.1, -0.05) is 0 Å². The summed E-state index contributed by atoms with van der Waals surface area (Å²) >= 11 is 0. The van der Waals surface area contributed by atoms with E-state index in [1.165, 1.54) is 0 Å². The van der Waals surface area contributed by atoms with Gasteiger partial charge in [0.05, 0.1) is 35.2 Å². The number of piperazine rings is 1. The van der Waals surface area contributed by atoms with Crippen LogP contribution in [0.4, 0.5) is 11.5 Å². The average Bonchev–Trinajstić information content (AvgIpc) is 2.89. The minimum atomic E-state index is 0.0219. The number of carbonyl (C=O) groups is 1. The molecule has 5 rings (SSSR count). The van der Waals surface area contributed by atoms with Crippen molar-refractivity contribution in [2.45, 2.75) is 6.42 Å². The number of pyridine rings is 4. The number of nitrogens with zero attached hydrogens (tertiary/aromatic N) is 7. The predicted molar refractivity (Wildman–Crippen MR) is 139 cm³/mol. The Bertz CT molecular complexity index is 1360. The van der Waals surface area contributed by atoms with E-state index in [0.717, 1.165) is 59.8 Å². The van der Waals surface area contributed by atoms with E-state index >= 15 is 0 Å². The monoisotopic (exact) mass is 467 g/mol. The summed E-state index contributed by atoms with van der Waals surface area (Å²) in [5, 5.41) is 0.933. The fraction of sp³-hybridized carbons (Fsp3) is 0.296. The average molecular weight is 468 g/mol. The molecule has 0 N–H and O–H groups in total. The minimum Gasteiger partial charge on any atom is -0.376 e. The van der Waals surface area contributed by atoms with E-state index in [-0.39, 0.29) is 12.2 Å². The molecule has 0 saturated carbocycles. The van der Waals surface area contributed by atoms with E-state index in [2.05, 4.69) is 37.9 Å². The SMILES string of the molecule is CN1CCN(c2cc(C(=O)Cc3cc4nc(-c5cncc(N(C)C)c5)ccc4cn3)ccn2)CC1. The highest BCUT2D eigenvalue weighted by Gasteiger charge is 2.17. The Morgan fingerprint density at radius 1 is 0.971 bits per heavy atom. The zero-order chi connectivity index (χ0) is 24.4. The van der Waals surface area contributed by atoms with Gasteiger partial charge in [-0.2, -0.15) is 0 Å². The second-order valence-electron chi connectivity index (χ2n) is 9.18. The number of Topliss-reactive ketones (excluding diaryl/α,β-unsaturated/α-hetero) is 1. The Kier molecular flexibility index (Phi) is 6.37. The highest BCUT2D eigenvalue weighted by Crippen LogP contribution is 2.24. The van der Waals surface area contributed by atoms with Crippen LogP contribution in [0.3, 0.4) is 0 Å². The van der Waals surface area contributed by atoms with Gasteiger partial charge in [-0.3, -0.25) is 14.8 Å². The smallest absolute Gasteiger partial charge is 0.169 e. The van der Waals surface area contributed by atoms with Crippen LogP contribution < -0.4 is 9.80 Å². The van der Waals surface area contributed by atoms with Gasteiger partial charge in [-0.15, -0.1) is 0 Å². The molecule has 0 aliphatic carbocycles. The highest BCUT2D eigenvalue weighted by atomic mass is 16.1. The molecule has 1 aliphatic rings. The molecule has 1 aliphatic heterocycles. The fourth-order valence-corrected chi connectivity index (χ4v) is 4.19. The van der Waals surface area contributed by atoms with E-state index in [4.69, 9.17) is 4.98 Å². The lowest BCUT2D eigenvalue weighted by molar-refractivity contribution is 0.0992. The van der Waals surface area contributed by atoms with Crippen molar-refractivity contribution in [1.82, 2.24) is 24.8 Å². The fourth-order valence-electron chi connectivity index (χ4n) is 4.19. The van der Waals surface area contributed by atoms with Crippen LogP contribution >= 0.6 is 0 Å². The summed E-state index contributed by atoms with van der Waals surface area (Å²) in [6.45, 7) is 3.80. The molecule has 0 radical (unpaired) electrons. The van der Waals surface area contributed by atoms with Crippen molar-refractivity contribution < 1.29 is 4.79 Å². The molecular formula is C27H29N7O. The topological polar surface area (TPSA) is 78.4 Å². The zero-order valence-electron chi connectivity index (χ0n) is 20.3. The molecule has 0 unspecified atom stereocenters. The quantitative estimate of drug-likeness (QED) is 0.400. The maximum absolute atomic E-state index is 13.1. The molecule has 35 heavy (non-hydrogen) atoms. The molecule has 0 amide bonds. The summed E-state index contributed by atoms with van der Waals surface area (Å²) < 4.78 is 0. The van der Waals surface area contributed by atoms with Crippen LogP contribution in [0.1, 0.15) is 16.1 Å². The number of ketones is 1. The van der Waals surface area contributed by atoms with Gasteiger partial charge in [0.15, 0.2) is 5.78 Å². The summed E-state index contributed by atoms with van der Waals surface area (Å²) in [4.78, 5) is 37.8. The summed E-state index contributed by atoms with van der Waals surface area (Å²) in [6.07, 6.45) is 7.36. The Hall–Kier alpha value is -3.91. The van der Waals surface area contributed by atoms with Gasteiger partial charge in [0.1, 0.15) is 5.82 Å². The van der Waals surface area contributed by atoms with Gasteiger partial charge in [-0.25, -0.2) is 9.97 Å². The van der Waals surface area contributed by atoms with Gasteiger partial charge in [-0.05, 0) is 43.4 Å². The number of carbonyl (C=O) groups excluding carboxylic acids is 1. The lowest BCUT2D eigenvalue weighted by Crippen LogP contribution is -2.44. The summed E-state index contributed by atoms with van der Waals surface area (Å²) in [7, 11) is 6.10. The first-order valence-corrected chi connectivity index (χ1v) is 11.8. The molecule has 4 aromatic heterocycles. The summed E-state index contributed by atoms with van der Waals surface area (Å²) in [6, 6.07) is 11.6. The van der Waals surface area contributed by atoms with Crippen molar-refractivity contribution in [1.29, 1.82) is 0 Å². The van der Waals surface area contributed by atoms with Crippen LogP contribution in [-0.2, 0) is 6.42 Å². The molecule has 1 fully saturated rings. The lowest BCUT2D eigenvalue weighted by Gasteiger charge is -2.33. The number of hydrogen-bond donors (Lipinski definition) is 0. The molecule has 0 spiro atoms. The van der Waals surface area contributed by atoms with Gasteiger partial charge in [0.2, 0.25) is 0 Å². The number of anilines is 2. The molecule has 178 valence electrons. The van der Waals surface area contributed by atoms with Crippen molar-refractivity contribution >= 4 is 28.2 Å². The van der Waals surface area contributed by atoms with Crippen LogP contribution in [0.2, 0.25) is 0 Å². The third-order valence-electron chi connectivity index (χ3n) is 6.40. The maximum atomic E-state index is 13.1. The molecule has 1 saturated heterocycles. The molecule has 0 bridgehead atoms. The van der Waals surface area contributed by atoms with Crippen LogP contribution in [0.15, 0.2) is 61.2 Å². The van der Waals surface area contributed by atoms with Gasteiger partial charge >= 0.3 is 0 Å². The molecular weight excluding hydrogens is 438 g/mol. The molecule has 0 atom stereocenters. The molecule has 8 heteroatoms. The number of fused-ring (bicyclic) bond motifs is 1. The Morgan fingerprint density at radius 2 is 1.80 bits per heavy atom. The van der Waals surface area contributed by atoms with E-state index in [1.54, 1.807) is 18.5 Å². The normalized spacial score (nSPS) is 14.3. The number of rotatable bonds is 6. The van der Waals surface area contributed by atoms with Crippen molar-refractivity contribution in [2.75, 3.05) is 57.1 Å². The van der Waals surface area contributed by atoms with Gasteiger partial charge in [0, 0.05) is 75.4 Å². The van der Waals surface area contributed by atoms with Gasteiger partial charge in [0.25, 0.3) is 0 Å². The van der Waals surface area contributed by atoms with Gasteiger partial charge < -0.3 is 14.7 Å².